The van der Waals surface area contributed by atoms with Crippen molar-refractivity contribution in [2.45, 2.75) is 19.0 Å². The summed E-state index contributed by atoms with van der Waals surface area (Å²) in [5, 5.41) is 2.87. The number of hydrogen-bond donors (Lipinski definition) is 2. The zero-order chi connectivity index (χ0) is 15.1. The molecule has 0 saturated heterocycles. The summed E-state index contributed by atoms with van der Waals surface area (Å²) in [7, 11) is 0. The highest BCUT2D eigenvalue weighted by atomic mass is 32.2. The summed E-state index contributed by atoms with van der Waals surface area (Å²) in [6, 6.07) is 7.31. The van der Waals surface area contributed by atoms with Crippen molar-refractivity contribution < 1.29 is 4.79 Å². The fourth-order valence-corrected chi connectivity index (χ4v) is 2.44. The molecule has 1 atom stereocenters. The Labute approximate surface area is 128 Å². The van der Waals surface area contributed by atoms with Gasteiger partial charge >= 0.3 is 0 Å². The minimum Gasteiger partial charge on any atom is -0.333 e. The number of anilines is 1. The maximum Gasteiger partial charge on any atom is 0.241 e. The summed E-state index contributed by atoms with van der Waals surface area (Å²) >= 11 is 1.69. The number of aromatic nitrogens is 2. The standard InChI is InChI=1S/C15H20N4OS/c1-21-8-5-14(16)15(20)18-13-4-2-3-12(9-13)10-19-7-6-17-11-19/h2-4,6-7,9,11,14H,5,8,10,16H2,1H3,(H,18,20)/t14-/m0/s1. The van der Waals surface area contributed by atoms with Crippen LogP contribution in [0.1, 0.15) is 12.0 Å². The first-order valence-corrected chi connectivity index (χ1v) is 8.18. The second-order valence-electron chi connectivity index (χ2n) is 4.81. The Bertz CT molecular complexity index is 571. The van der Waals surface area contributed by atoms with Crippen LogP contribution in [-0.2, 0) is 11.3 Å². The van der Waals surface area contributed by atoms with E-state index < -0.39 is 6.04 Å². The number of amides is 1. The maximum absolute atomic E-state index is 12.0. The third-order valence-corrected chi connectivity index (χ3v) is 3.73. The molecular weight excluding hydrogens is 284 g/mol. The van der Waals surface area contributed by atoms with Gasteiger partial charge in [0.15, 0.2) is 0 Å². The Kier molecular flexibility index (Phi) is 5.83. The highest BCUT2D eigenvalue weighted by molar-refractivity contribution is 7.98. The van der Waals surface area contributed by atoms with E-state index in [-0.39, 0.29) is 5.91 Å². The number of thioether (sulfide) groups is 1. The lowest BCUT2D eigenvalue weighted by Gasteiger charge is -2.12. The zero-order valence-corrected chi connectivity index (χ0v) is 12.8. The first-order chi connectivity index (χ1) is 10.2. The fourth-order valence-electron chi connectivity index (χ4n) is 1.95. The summed E-state index contributed by atoms with van der Waals surface area (Å²) in [4.78, 5) is 16.0. The molecule has 0 unspecified atom stereocenters. The van der Waals surface area contributed by atoms with Gasteiger partial charge < -0.3 is 15.6 Å². The highest BCUT2D eigenvalue weighted by Crippen LogP contribution is 2.12. The van der Waals surface area contributed by atoms with E-state index in [4.69, 9.17) is 5.73 Å². The average Bonchev–Trinajstić information content (AvgIpc) is 2.98. The van der Waals surface area contributed by atoms with Gasteiger partial charge in [0.1, 0.15) is 0 Å². The molecular formula is C15H20N4OS. The second-order valence-corrected chi connectivity index (χ2v) is 5.80. The molecule has 6 heteroatoms. The van der Waals surface area contributed by atoms with Crippen LogP contribution in [0.5, 0.6) is 0 Å². The smallest absolute Gasteiger partial charge is 0.241 e. The number of nitrogens with zero attached hydrogens (tertiary/aromatic N) is 2. The van der Waals surface area contributed by atoms with Gasteiger partial charge in [0.05, 0.1) is 12.4 Å². The fraction of sp³-hybridized carbons (Fsp3) is 0.333. The predicted molar refractivity (Wildman–Crippen MR) is 87.4 cm³/mol. The van der Waals surface area contributed by atoms with Gasteiger partial charge in [0.2, 0.25) is 5.91 Å². The molecule has 112 valence electrons. The molecule has 0 aliphatic rings. The van der Waals surface area contributed by atoms with Gasteiger partial charge in [-0.25, -0.2) is 4.98 Å². The predicted octanol–water partition coefficient (Wildman–Crippen LogP) is 1.95. The van der Waals surface area contributed by atoms with E-state index in [2.05, 4.69) is 10.3 Å². The summed E-state index contributed by atoms with van der Waals surface area (Å²) in [5.74, 6) is 0.749. The molecule has 0 spiro atoms. The van der Waals surface area contributed by atoms with Crippen LogP contribution < -0.4 is 11.1 Å². The van der Waals surface area contributed by atoms with Crippen molar-refractivity contribution in [3.8, 4) is 0 Å². The number of carbonyl (C=O) groups is 1. The number of benzene rings is 1. The number of rotatable bonds is 7. The van der Waals surface area contributed by atoms with Crippen LogP contribution in [0.15, 0.2) is 43.0 Å². The van der Waals surface area contributed by atoms with Gasteiger partial charge in [-0.3, -0.25) is 4.79 Å². The number of nitrogens with one attached hydrogen (secondary N) is 1. The van der Waals surface area contributed by atoms with Crippen molar-refractivity contribution in [1.82, 2.24) is 9.55 Å². The number of hydrogen-bond acceptors (Lipinski definition) is 4. The lowest BCUT2D eigenvalue weighted by molar-refractivity contribution is -0.117. The molecule has 1 amide bonds. The van der Waals surface area contributed by atoms with Crippen LogP contribution in [0.3, 0.4) is 0 Å². The van der Waals surface area contributed by atoms with Gasteiger partial charge in [-0.1, -0.05) is 12.1 Å². The van der Waals surface area contributed by atoms with Gasteiger partial charge in [0.25, 0.3) is 0 Å². The lowest BCUT2D eigenvalue weighted by atomic mass is 10.1. The SMILES string of the molecule is CSCC[C@H](N)C(=O)Nc1cccc(Cn2ccnc2)c1. The van der Waals surface area contributed by atoms with Crippen LogP contribution in [-0.4, -0.2) is 33.5 Å². The molecule has 0 aliphatic carbocycles. The molecule has 0 saturated carbocycles. The maximum atomic E-state index is 12.0. The molecule has 1 heterocycles. The molecule has 3 N–H and O–H groups in total. The van der Waals surface area contributed by atoms with Gasteiger partial charge in [0, 0.05) is 24.6 Å². The van der Waals surface area contributed by atoms with Crippen LogP contribution >= 0.6 is 11.8 Å². The molecule has 2 aromatic rings. The van der Waals surface area contributed by atoms with E-state index in [1.165, 1.54) is 0 Å². The summed E-state index contributed by atoms with van der Waals surface area (Å²) in [6.07, 6.45) is 8.11. The van der Waals surface area contributed by atoms with E-state index in [1.807, 2.05) is 41.3 Å². The zero-order valence-electron chi connectivity index (χ0n) is 12.0. The molecule has 1 aromatic carbocycles. The molecule has 0 fully saturated rings. The van der Waals surface area contributed by atoms with Crippen molar-refractivity contribution in [3.63, 3.8) is 0 Å². The Morgan fingerprint density at radius 2 is 2.38 bits per heavy atom. The first-order valence-electron chi connectivity index (χ1n) is 6.79. The van der Waals surface area contributed by atoms with Crippen molar-refractivity contribution in [1.29, 1.82) is 0 Å². The Hall–Kier alpha value is -1.79. The van der Waals surface area contributed by atoms with Crippen LogP contribution in [0.4, 0.5) is 5.69 Å². The van der Waals surface area contributed by atoms with Crippen LogP contribution in [0.2, 0.25) is 0 Å². The summed E-state index contributed by atoms with van der Waals surface area (Å²) in [5.41, 5.74) is 7.74. The minimum absolute atomic E-state index is 0.135. The minimum atomic E-state index is -0.463. The number of nitrogens with two attached hydrogens (primary N) is 1. The average molecular weight is 304 g/mol. The Morgan fingerprint density at radius 3 is 3.10 bits per heavy atom. The summed E-state index contributed by atoms with van der Waals surface area (Å²) in [6.45, 7) is 0.724. The van der Waals surface area contributed by atoms with E-state index in [9.17, 15) is 4.79 Å². The molecule has 2 rings (SSSR count). The molecule has 0 radical (unpaired) electrons. The van der Waals surface area contributed by atoms with Gasteiger partial charge in [-0.15, -0.1) is 0 Å². The largest absolute Gasteiger partial charge is 0.333 e. The Balaban J connectivity index is 1.96. The summed E-state index contributed by atoms with van der Waals surface area (Å²) < 4.78 is 1.98. The molecule has 21 heavy (non-hydrogen) atoms. The van der Waals surface area contributed by atoms with E-state index in [0.717, 1.165) is 23.5 Å². The van der Waals surface area contributed by atoms with Gasteiger partial charge in [-0.05, 0) is 36.1 Å². The van der Waals surface area contributed by atoms with Crippen LogP contribution in [0.25, 0.3) is 0 Å². The van der Waals surface area contributed by atoms with Gasteiger partial charge in [-0.2, -0.15) is 11.8 Å². The third kappa shape index (κ3) is 4.91. The quantitative estimate of drug-likeness (QED) is 0.820. The van der Waals surface area contributed by atoms with Crippen molar-refractivity contribution >= 4 is 23.4 Å². The molecule has 0 aliphatic heterocycles. The van der Waals surface area contributed by atoms with E-state index in [1.54, 1.807) is 24.3 Å². The second kappa shape index (κ2) is 7.85. The molecule has 0 bridgehead atoms. The van der Waals surface area contributed by atoms with Crippen molar-refractivity contribution in [2.24, 2.45) is 5.73 Å². The van der Waals surface area contributed by atoms with E-state index >= 15 is 0 Å². The molecule has 5 nitrogen and oxygen atoms in total. The lowest BCUT2D eigenvalue weighted by Crippen LogP contribution is -2.36. The molecule has 1 aromatic heterocycles. The Morgan fingerprint density at radius 1 is 1.52 bits per heavy atom. The first kappa shape index (κ1) is 15.6. The van der Waals surface area contributed by atoms with Crippen molar-refractivity contribution in [2.75, 3.05) is 17.3 Å². The third-order valence-electron chi connectivity index (χ3n) is 3.09. The monoisotopic (exact) mass is 304 g/mol. The number of imidazole rings is 1. The normalized spacial score (nSPS) is 12.1. The van der Waals surface area contributed by atoms with E-state index in [0.29, 0.717) is 6.42 Å². The van der Waals surface area contributed by atoms with Crippen molar-refractivity contribution in [3.05, 3.63) is 48.5 Å². The topological polar surface area (TPSA) is 72.9 Å². The highest BCUT2D eigenvalue weighted by Gasteiger charge is 2.13. The van der Waals surface area contributed by atoms with Crippen LogP contribution in [0, 0.1) is 0 Å². The number of carbonyl (C=O) groups excluding carboxylic acids is 1.